The first-order chi connectivity index (χ1) is 12.6. The highest BCUT2D eigenvalue weighted by atomic mass is 16.3. The molecule has 2 heterocycles. The van der Waals surface area contributed by atoms with E-state index in [2.05, 4.69) is 48.2 Å². The molecule has 2 saturated heterocycles. The first kappa shape index (κ1) is 17.3. The molecular formula is C23H27NO2. The molecule has 2 aromatic rings. The fraction of sp³-hybridized carbons (Fsp3) is 0.391. The second-order valence-electron chi connectivity index (χ2n) is 7.73. The largest absolute Gasteiger partial charge is 0.508 e. The summed E-state index contributed by atoms with van der Waals surface area (Å²) in [5.74, 6) is 0.238. The number of hydrogen-bond acceptors (Lipinski definition) is 3. The topological polar surface area (TPSA) is 43.7 Å². The molecule has 2 aliphatic heterocycles. The molecule has 0 radical (unpaired) electrons. The molecule has 136 valence electrons. The zero-order chi connectivity index (χ0) is 18.1. The van der Waals surface area contributed by atoms with Crippen LogP contribution in [0.25, 0.3) is 6.08 Å². The molecule has 2 unspecified atom stereocenters. The highest BCUT2D eigenvalue weighted by Crippen LogP contribution is 2.42. The highest BCUT2D eigenvalue weighted by Gasteiger charge is 2.42. The lowest BCUT2D eigenvalue weighted by Crippen LogP contribution is -2.48. The fourth-order valence-electron chi connectivity index (χ4n) is 4.77. The number of aliphatic hydroxyl groups is 1. The predicted octanol–water partition coefficient (Wildman–Crippen LogP) is 4.52. The van der Waals surface area contributed by atoms with E-state index in [9.17, 15) is 10.2 Å². The summed E-state index contributed by atoms with van der Waals surface area (Å²) in [6, 6.07) is 18.6. The number of nitrogens with zero attached hydrogens (tertiary/aromatic N) is 1. The van der Waals surface area contributed by atoms with E-state index < -0.39 is 6.10 Å². The maximum Gasteiger partial charge on any atom is 0.115 e. The summed E-state index contributed by atoms with van der Waals surface area (Å²) in [5, 5.41) is 20.3. The average molecular weight is 349 g/mol. The Morgan fingerprint density at radius 3 is 2.19 bits per heavy atom. The van der Waals surface area contributed by atoms with Crippen molar-refractivity contribution in [3.63, 3.8) is 0 Å². The average Bonchev–Trinajstić information content (AvgIpc) is 2.92. The van der Waals surface area contributed by atoms with E-state index in [-0.39, 0.29) is 11.8 Å². The number of phenols is 1. The molecule has 0 amide bonds. The molecular weight excluding hydrogens is 322 g/mol. The molecule has 2 fully saturated rings. The summed E-state index contributed by atoms with van der Waals surface area (Å²) in [7, 11) is 0. The molecule has 26 heavy (non-hydrogen) atoms. The van der Waals surface area contributed by atoms with Crippen molar-refractivity contribution in [2.75, 3.05) is 0 Å². The number of fused-ring (bicyclic) bond motifs is 2. The Labute approximate surface area is 155 Å². The van der Waals surface area contributed by atoms with Gasteiger partial charge in [-0.3, -0.25) is 4.90 Å². The molecule has 0 aromatic heterocycles. The maximum atomic E-state index is 10.9. The smallest absolute Gasteiger partial charge is 0.115 e. The van der Waals surface area contributed by atoms with Crippen molar-refractivity contribution in [1.82, 2.24) is 4.90 Å². The molecule has 0 aliphatic carbocycles. The lowest BCUT2D eigenvalue weighted by atomic mass is 9.91. The first-order valence-electron chi connectivity index (χ1n) is 9.61. The maximum absolute atomic E-state index is 10.9. The zero-order valence-electron chi connectivity index (χ0n) is 15.3. The van der Waals surface area contributed by atoms with E-state index in [4.69, 9.17) is 0 Å². The van der Waals surface area contributed by atoms with Crippen molar-refractivity contribution in [1.29, 1.82) is 0 Å². The third-order valence-corrected chi connectivity index (χ3v) is 6.00. The van der Waals surface area contributed by atoms with Crippen LogP contribution in [0.1, 0.15) is 49.8 Å². The van der Waals surface area contributed by atoms with Gasteiger partial charge in [-0.2, -0.15) is 0 Å². The first-order valence-corrected chi connectivity index (χ1v) is 9.61. The van der Waals surface area contributed by atoms with Crippen LogP contribution < -0.4 is 0 Å². The van der Waals surface area contributed by atoms with E-state index >= 15 is 0 Å². The number of hydrogen-bond donors (Lipinski definition) is 2. The number of benzene rings is 2. The Balaban J connectivity index is 1.49. The lowest BCUT2D eigenvalue weighted by Gasteiger charge is -2.42. The van der Waals surface area contributed by atoms with Gasteiger partial charge in [0.2, 0.25) is 0 Å². The van der Waals surface area contributed by atoms with Gasteiger partial charge < -0.3 is 10.2 Å². The number of piperidine rings is 1. The Bertz CT molecular complexity index is 753. The SMILES string of the molecule is C[C@@H]([C@H](O)c1ccc(O)cc1)N1C2CCC1CC(=Cc1ccccc1)C2. The molecule has 2 aliphatic rings. The molecule has 3 nitrogen and oxygen atoms in total. The molecule has 4 rings (SSSR count). The van der Waals surface area contributed by atoms with E-state index in [1.165, 1.54) is 24.0 Å². The third-order valence-electron chi connectivity index (χ3n) is 6.00. The monoisotopic (exact) mass is 349 g/mol. The molecule has 2 aromatic carbocycles. The molecule has 4 atom stereocenters. The Hall–Kier alpha value is -2.10. The second-order valence-corrected chi connectivity index (χ2v) is 7.73. The van der Waals surface area contributed by atoms with Crippen molar-refractivity contribution < 1.29 is 10.2 Å². The van der Waals surface area contributed by atoms with Crippen molar-refractivity contribution in [3.05, 3.63) is 71.3 Å². The van der Waals surface area contributed by atoms with Gasteiger partial charge >= 0.3 is 0 Å². The van der Waals surface area contributed by atoms with Gasteiger partial charge in [0, 0.05) is 18.1 Å². The van der Waals surface area contributed by atoms with Gasteiger partial charge in [-0.25, -0.2) is 0 Å². The van der Waals surface area contributed by atoms with Crippen LogP contribution in [0.4, 0.5) is 0 Å². The summed E-state index contributed by atoms with van der Waals surface area (Å²) in [4.78, 5) is 2.54. The fourth-order valence-corrected chi connectivity index (χ4v) is 4.77. The zero-order valence-corrected chi connectivity index (χ0v) is 15.3. The Morgan fingerprint density at radius 2 is 1.58 bits per heavy atom. The van der Waals surface area contributed by atoms with Crippen LogP contribution in [0, 0.1) is 0 Å². The molecule has 3 heteroatoms. The molecule has 2 bridgehead atoms. The van der Waals surface area contributed by atoms with Gasteiger partial charge in [0.05, 0.1) is 6.10 Å². The second kappa shape index (κ2) is 7.26. The van der Waals surface area contributed by atoms with Crippen molar-refractivity contribution in [2.24, 2.45) is 0 Å². The van der Waals surface area contributed by atoms with Crippen molar-refractivity contribution in [2.45, 2.75) is 56.8 Å². The number of rotatable bonds is 4. The minimum absolute atomic E-state index is 0.0790. The highest BCUT2D eigenvalue weighted by molar-refractivity contribution is 5.53. The van der Waals surface area contributed by atoms with Gasteiger partial charge in [-0.05, 0) is 55.9 Å². The molecule has 2 N–H and O–H groups in total. The summed E-state index contributed by atoms with van der Waals surface area (Å²) >= 11 is 0. The summed E-state index contributed by atoms with van der Waals surface area (Å²) in [6.07, 6.45) is 6.44. The van der Waals surface area contributed by atoms with Gasteiger partial charge in [-0.15, -0.1) is 0 Å². The standard InChI is InChI=1S/C23H27NO2/c1-16(23(26)19-7-11-22(25)12-8-19)24-20-9-10-21(24)15-18(14-20)13-17-5-3-2-4-6-17/h2-8,11-13,16,20-21,23,25-26H,9-10,14-15H2,1H3/t16-,20?,21?,23-/m0/s1. The van der Waals surface area contributed by atoms with E-state index in [1.54, 1.807) is 12.1 Å². The van der Waals surface area contributed by atoms with Crippen LogP contribution in [-0.2, 0) is 0 Å². The Kier molecular flexibility index (Phi) is 4.84. The van der Waals surface area contributed by atoms with E-state index in [0.717, 1.165) is 18.4 Å². The molecule has 0 spiro atoms. The lowest BCUT2D eigenvalue weighted by molar-refractivity contribution is 0.0195. The summed E-state index contributed by atoms with van der Waals surface area (Å²) in [5.41, 5.74) is 3.69. The van der Waals surface area contributed by atoms with Crippen LogP contribution in [-0.4, -0.2) is 33.2 Å². The van der Waals surface area contributed by atoms with Crippen LogP contribution in [0.3, 0.4) is 0 Å². The van der Waals surface area contributed by atoms with Crippen LogP contribution in [0.15, 0.2) is 60.2 Å². The van der Waals surface area contributed by atoms with Gasteiger partial charge in [0.15, 0.2) is 0 Å². The molecule has 0 saturated carbocycles. The summed E-state index contributed by atoms with van der Waals surface area (Å²) in [6.45, 7) is 2.13. The van der Waals surface area contributed by atoms with Gasteiger partial charge in [-0.1, -0.05) is 54.1 Å². The van der Waals surface area contributed by atoms with Crippen LogP contribution in [0.2, 0.25) is 0 Å². The van der Waals surface area contributed by atoms with Crippen LogP contribution in [0.5, 0.6) is 5.75 Å². The minimum Gasteiger partial charge on any atom is -0.508 e. The van der Waals surface area contributed by atoms with E-state index in [1.807, 2.05) is 12.1 Å². The number of phenolic OH excluding ortho intramolecular Hbond substituents is 1. The minimum atomic E-state index is -0.529. The van der Waals surface area contributed by atoms with Gasteiger partial charge in [0.25, 0.3) is 0 Å². The van der Waals surface area contributed by atoms with Crippen molar-refractivity contribution >= 4 is 6.08 Å². The number of aromatic hydroxyl groups is 1. The summed E-state index contributed by atoms with van der Waals surface area (Å²) < 4.78 is 0. The van der Waals surface area contributed by atoms with Crippen LogP contribution >= 0.6 is 0 Å². The quantitative estimate of drug-likeness (QED) is 0.853. The normalized spacial score (nSPS) is 25.1. The Morgan fingerprint density at radius 1 is 0.962 bits per heavy atom. The van der Waals surface area contributed by atoms with Crippen molar-refractivity contribution in [3.8, 4) is 5.75 Å². The third kappa shape index (κ3) is 3.42. The predicted molar refractivity (Wildman–Crippen MR) is 105 cm³/mol. The van der Waals surface area contributed by atoms with E-state index in [0.29, 0.717) is 12.1 Å². The van der Waals surface area contributed by atoms with Gasteiger partial charge in [0.1, 0.15) is 5.75 Å². The number of aliphatic hydroxyl groups excluding tert-OH is 1.